The van der Waals surface area contributed by atoms with E-state index in [9.17, 15) is 19.2 Å². The first-order valence-corrected chi connectivity index (χ1v) is 10.8. The van der Waals surface area contributed by atoms with Gasteiger partial charge in [-0.05, 0) is 11.1 Å². The van der Waals surface area contributed by atoms with Crippen LogP contribution < -0.4 is 5.32 Å². The summed E-state index contributed by atoms with van der Waals surface area (Å²) in [6.07, 6.45) is -0.121. The lowest BCUT2D eigenvalue weighted by Gasteiger charge is -2.49. The number of carbonyl (C=O) groups excluding carboxylic acids is 4. The van der Waals surface area contributed by atoms with Crippen LogP contribution in [0.5, 0.6) is 0 Å². The van der Waals surface area contributed by atoms with E-state index in [2.05, 4.69) is 5.32 Å². The topological polar surface area (TPSA) is 92.8 Å². The summed E-state index contributed by atoms with van der Waals surface area (Å²) in [6.45, 7) is 1.33. The molecule has 2 aromatic carbocycles. The number of hydrogen-bond acceptors (Lipinski definition) is 6. The van der Waals surface area contributed by atoms with E-state index in [1.54, 1.807) is 0 Å². The number of hydrogen-bond donors (Lipinski definition) is 1. The van der Waals surface area contributed by atoms with Crippen molar-refractivity contribution in [3.63, 3.8) is 0 Å². The highest BCUT2D eigenvalue weighted by Crippen LogP contribution is 2.41. The van der Waals surface area contributed by atoms with Crippen molar-refractivity contribution in [3.8, 4) is 0 Å². The molecule has 2 heterocycles. The van der Waals surface area contributed by atoms with Gasteiger partial charge in [0.1, 0.15) is 23.4 Å². The van der Waals surface area contributed by atoms with E-state index in [0.29, 0.717) is 6.29 Å². The number of aldehydes is 1. The molecule has 7 nitrogen and oxygen atoms in total. The maximum Gasteiger partial charge on any atom is 0.356 e. The highest BCUT2D eigenvalue weighted by molar-refractivity contribution is 8.00. The van der Waals surface area contributed by atoms with Gasteiger partial charge < -0.3 is 10.1 Å². The lowest BCUT2D eigenvalue weighted by molar-refractivity contribution is -0.154. The van der Waals surface area contributed by atoms with Gasteiger partial charge in [0.15, 0.2) is 6.10 Å². The van der Waals surface area contributed by atoms with Crippen molar-refractivity contribution in [1.29, 1.82) is 0 Å². The maximum atomic E-state index is 13.3. The minimum absolute atomic E-state index is 0.0535. The number of benzene rings is 2. The Morgan fingerprint density at radius 3 is 2.19 bits per heavy atom. The largest absolute Gasteiger partial charge is 0.448 e. The Kier molecular flexibility index (Phi) is 5.90. The molecule has 2 aliphatic heterocycles. The number of thioether (sulfide) groups is 1. The predicted molar refractivity (Wildman–Crippen MR) is 115 cm³/mol. The molecule has 2 amide bonds. The fraction of sp³-hybridized carbons (Fsp3) is 0.217. The van der Waals surface area contributed by atoms with Crippen LogP contribution in [0.4, 0.5) is 0 Å². The number of β-lactam (4-membered cyclic amide) rings is 1. The molecule has 0 aromatic heterocycles. The van der Waals surface area contributed by atoms with Crippen molar-refractivity contribution in [2.24, 2.45) is 0 Å². The van der Waals surface area contributed by atoms with Crippen molar-refractivity contribution in [2.75, 3.05) is 5.75 Å². The third-order valence-electron chi connectivity index (χ3n) is 5.12. The van der Waals surface area contributed by atoms with Crippen LogP contribution in [0.1, 0.15) is 24.2 Å². The van der Waals surface area contributed by atoms with Gasteiger partial charge in [-0.25, -0.2) is 4.79 Å². The van der Waals surface area contributed by atoms with Crippen LogP contribution in [0.15, 0.2) is 71.9 Å². The Bertz CT molecular complexity index is 1010. The Balaban J connectivity index is 1.65. The smallest absolute Gasteiger partial charge is 0.356 e. The van der Waals surface area contributed by atoms with Gasteiger partial charge in [0.25, 0.3) is 5.91 Å². The molecule has 2 aromatic rings. The third-order valence-corrected chi connectivity index (χ3v) is 6.42. The summed E-state index contributed by atoms with van der Waals surface area (Å²) < 4.78 is 5.87. The van der Waals surface area contributed by atoms with Gasteiger partial charge in [-0.1, -0.05) is 60.7 Å². The standard InChI is InChI=1S/C23H20N2O5S/c1-14(27)24-18-21(28)25-19(17(12-26)13-31-22(18)25)23(29)30-20(15-8-4-2-5-9-15)16-10-6-3-7-11-16/h2-12,18,20,22H,13H2,1H3,(H,24,27)/t18?,22-/m0/s1. The van der Waals surface area contributed by atoms with Crippen LogP contribution >= 0.6 is 11.8 Å². The molecule has 0 aliphatic carbocycles. The molecule has 0 saturated carbocycles. The van der Waals surface area contributed by atoms with Crippen LogP contribution in [-0.2, 0) is 23.9 Å². The number of esters is 1. The summed E-state index contributed by atoms with van der Waals surface area (Å²) in [6, 6.07) is 17.8. The van der Waals surface area contributed by atoms with Gasteiger partial charge in [-0.15, -0.1) is 11.8 Å². The molecule has 158 valence electrons. The SMILES string of the molecule is CC(=O)NC1C(=O)N2C(C(=O)OC(c3ccccc3)c3ccccc3)=C(C=O)CS[C@@H]12. The monoisotopic (exact) mass is 436 g/mol. The average Bonchev–Trinajstić information content (AvgIpc) is 2.80. The van der Waals surface area contributed by atoms with Gasteiger partial charge >= 0.3 is 5.97 Å². The molecule has 0 spiro atoms. The quantitative estimate of drug-likeness (QED) is 0.424. The minimum Gasteiger partial charge on any atom is -0.448 e. The summed E-state index contributed by atoms with van der Waals surface area (Å²) >= 11 is 1.33. The lowest BCUT2D eigenvalue weighted by atomic mass is 10.0. The molecule has 1 N–H and O–H groups in total. The maximum absolute atomic E-state index is 13.3. The molecule has 2 aliphatic rings. The van der Waals surface area contributed by atoms with E-state index < -0.39 is 29.4 Å². The van der Waals surface area contributed by atoms with Crippen LogP contribution in [0.2, 0.25) is 0 Å². The van der Waals surface area contributed by atoms with Gasteiger partial charge in [-0.3, -0.25) is 19.3 Å². The van der Waals surface area contributed by atoms with Gasteiger partial charge in [0.05, 0.1) is 0 Å². The third kappa shape index (κ3) is 3.98. The molecule has 1 fully saturated rings. The second kappa shape index (κ2) is 8.77. The minimum atomic E-state index is -0.750. The number of nitrogens with one attached hydrogen (secondary N) is 1. The van der Waals surface area contributed by atoms with E-state index in [1.807, 2.05) is 60.7 Å². The Labute approximate surface area is 183 Å². The van der Waals surface area contributed by atoms with E-state index in [1.165, 1.54) is 23.6 Å². The van der Waals surface area contributed by atoms with E-state index >= 15 is 0 Å². The number of amides is 2. The Morgan fingerprint density at radius 1 is 1.10 bits per heavy atom. The fourth-order valence-corrected chi connectivity index (χ4v) is 4.98. The number of fused-ring (bicyclic) bond motifs is 1. The second-order valence-corrected chi connectivity index (χ2v) is 8.29. The second-order valence-electron chi connectivity index (χ2n) is 7.19. The Morgan fingerprint density at radius 2 is 1.68 bits per heavy atom. The van der Waals surface area contributed by atoms with Gasteiger partial charge in [-0.2, -0.15) is 0 Å². The van der Waals surface area contributed by atoms with Gasteiger partial charge in [0.2, 0.25) is 5.91 Å². The zero-order valence-corrected chi connectivity index (χ0v) is 17.5. The van der Waals surface area contributed by atoms with Crippen molar-refractivity contribution in [1.82, 2.24) is 10.2 Å². The van der Waals surface area contributed by atoms with Crippen molar-refractivity contribution >= 4 is 35.8 Å². The average molecular weight is 436 g/mol. The van der Waals surface area contributed by atoms with Crippen LogP contribution in [0.25, 0.3) is 0 Å². The summed E-state index contributed by atoms with van der Waals surface area (Å²) in [5.74, 6) is -1.27. The number of carbonyl (C=O) groups is 4. The molecular formula is C23H20N2O5S. The summed E-state index contributed by atoms with van der Waals surface area (Å²) in [5, 5.41) is 2.15. The first kappa shape index (κ1) is 20.9. The van der Waals surface area contributed by atoms with Crippen molar-refractivity contribution in [3.05, 3.63) is 83.1 Å². The molecule has 2 atom stereocenters. The fourth-order valence-electron chi connectivity index (χ4n) is 3.69. The summed E-state index contributed by atoms with van der Waals surface area (Å²) in [7, 11) is 0. The number of nitrogens with zero attached hydrogens (tertiary/aromatic N) is 1. The Hall–Kier alpha value is -3.39. The zero-order valence-electron chi connectivity index (χ0n) is 16.7. The van der Waals surface area contributed by atoms with Crippen molar-refractivity contribution < 1.29 is 23.9 Å². The molecule has 1 unspecified atom stereocenters. The molecule has 0 bridgehead atoms. The lowest BCUT2D eigenvalue weighted by Crippen LogP contribution is -2.70. The van der Waals surface area contributed by atoms with E-state index in [4.69, 9.17) is 4.74 Å². The predicted octanol–water partition coefficient (Wildman–Crippen LogP) is 2.19. The molecule has 4 rings (SSSR count). The highest BCUT2D eigenvalue weighted by atomic mass is 32.2. The van der Waals surface area contributed by atoms with Crippen molar-refractivity contribution in [2.45, 2.75) is 24.4 Å². The van der Waals surface area contributed by atoms with Crippen LogP contribution in [0.3, 0.4) is 0 Å². The normalized spacial score (nSPS) is 20.1. The molecular weight excluding hydrogens is 416 g/mol. The van der Waals surface area contributed by atoms with Crippen LogP contribution in [-0.4, -0.2) is 46.1 Å². The zero-order chi connectivity index (χ0) is 22.0. The first-order valence-electron chi connectivity index (χ1n) is 9.72. The van der Waals surface area contributed by atoms with Crippen LogP contribution in [0, 0.1) is 0 Å². The number of rotatable bonds is 6. The molecule has 31 heavy (non-hydrogen) atoms. The van der Waals surface area contributed by atoms with Gasteiger partial charge in [0, 0.05) is 18.2 Å². The highest BCUT2D eigenvalue weighted by Gasteiger charge is 2.54. The summed E-state index contributed by atoms with van der Waals surface area (Å²) in [5.41, 5.74) is 1.68. The molecule has 1 saturated heterocycles. The first-order chi connectivity index (χ1) is 15.0. The molecule has 8 heteroatoms. The molecule has 0 radical (unpaired) electrons. The van der Waals surface area contributed by atoms with E-state index in [0.717, 1.165) is 11.1 Å². The summed E-state index contributed by atoms with van der Waals surface area (Å²) in [4.78, 5) is 50.3. The van der Waals surface area contributed by atoms with E-state index in [-0.39, 0.29) is 22.9 Å². The number of ether oxygens (including phenoxy) is 1.